The lowest BCUT2D eigenvalue weighted by atomic mass is 9.70. The minimum Gasteiger partial charge on any atom is -0.493 e. The Hall–Kier alpha value is -3.70. The highest BCUT2D eigenvalue weighted by Crippen LogP contribution is 2.50. The Kier molecular flexibility index (Phi) is 20.2. The number of anilines is 1. The quantitative estimate of drug-likeness (QED) is 0.109. The lowest BCUT2D eigenvalue weighted by Crippen LogP contribution is -2.60. The van der Waals surface area contributed by atoms with Crippen LogP contribution in [0.25, 0.3) is 0 Å². The summed E-state index contributed by atoms with van der Waals surface area (Å²) in [4.78, 5) is 66.4. The molecule has 22 heteroatoms. The molecule has 1 N–H and O–H groups in total. The van der Waals surface area contributed by atoms with Gasteiger partial charge in [-0.1, -0.05) is 50.9 Å². The van der Waals surface area contributed by atoms with Crippen LogP contribution in [0.4, 0.5) is 10.5 Å². The third kappa shape index (κ3) is 13.2. The normalized spacial score (nSPS) is 38.6. The minimum atomic E-state index is -1.48. The molecule has 6 heterocycles. The maximum absolute atomic E-state index is 15.5. The van der Waals surface area contributed by atoms with Crippen LogP contribution >= 0.6 is 35.0 Å². The zero-order valence-corrected chi connectivity index (χ0v) is 51.7. The van der Waals surface area contributed by atoms with Gasteiger partial charge >= 0.3 is 18.0 Å². The lowest BCUT2D eigenvalue weighted by Gasteiger charge is -2.49. The molecule has 6 aliphatic rings. The topological polar surface area (TPSA) is 209 Å². The minimum absolute atomic E-state index is 0.0943. The van der Waals surface area contributed by atoms with Crippen molar-refractivity contribution in [2.45, 2.75) is 198 Å². The van der Waals surface area contributed by atoms with E-state index in [4.69, 9.17) is 75.3 Å². The average molecular weight is 1200 g/mol. The smallest absolute Gasteiger partial charge is 0.410 e. The van der Waals surface area contributed by atoms with Crippen LogP contribution in [0.15, 0.2) is 30.6 Å². The van der Waals surface area contributed by atoms with Crippen molar-refractivity contribution in [2.75, 3.05) is 52.2 Å². The Labute approximate surface area is 491 Å². The number of hydrogen-bond donors (Lipinski definition) is 1. The summed E-state index contributed by atoms with van der Waals surface area (Å²) in [6.45, 7) is 19.3. The second-order valence-electron chi connectivity index (χ2n) is 24.0. The van der Waals surface area contributed by atoms with Crippen molar-refractivity contribution in [3.8, 4) is 11.5 Å². The Morgan fingerprint density at radius 1 is 0.877 bits per heavy atom. The van der Waals surface area contributed by atoms with Crippen molar-refractivity contribution < 1.29 is 76.4 Å². The fraction of sp³-hybridized carbons (Fsp3) is 0.746. The Morgan fingerprint density at radius 2 is 1.57 bits per heavy atom. The van der Waals surface area contributed by atoms with Crippen LogP contribution in [-0.2, 0) is 63.6 Å². The molecule has 2 aromatic rings. The summed E-state index contributed by atoms with van der Waals surface area (Å²) in [7, 11) is 6.34. The first kappa shape index (κ1) is 63.3. The van der Waals surface area contributed by atoms with E-state index in [1.165, 1.54) is 18.9 Å². The van der Waals surface area contributed by atoms with E-state index < -0.39 is 119 Å². The van der Waals surface area contributed by atoms with Crippen molar-refractivity contribution in [3.63, 3.8) is 0 Å². The van der Waals surface area contributed by atoms with E-state index in [1.807, 2.05) is 59.7 Å². The van der Waals surface area contributed by atoms with Gasteiger partial charge in [0, 0.05) is 99.9 Å². The number of aliphatic hydroxyl groups is 1. The number of ketones is 1. The molecule has 81 heavy (non-hydrogen) atoms. The molecule has 1 saturated carbocycles. The van der Waals surface area contributed by atoms with Gasteiger partial charge in [0.25, 0.3) is 0 Å². The van der Waals surface area contributed by atoms with Gasteiger partial charge in [-0.25, -0.2) is 4.79 Å². The van der Waals surface area contributed by atoms with E-state index in [2.05, 4.69) is 9.88 Å². The largest absolute Gasteiger partial charge is 0.493 e. The van der Waals surface area contributed by atoms with Crippen LogP contribution in [-0.4, -0.2) is 169 Å². The number of thioether (sulfide) groups is 1. The number of fused-ring (bicyclic) bond motifs is 2. The predicted molar refractivity (Wildman–Crippen MR) is 304 cm³/mol. The van der Waals surface area contributed by atoms with Gasteiger partial charge in [0.2, 0.25) is 0 Å². The number of carbonyl (C=O) groups excluding carboxylic acids is 4. The van der Waals surface area contributed by atoms with Crippen LogP contribution in [0, 0.1) is 35.5 Å². The fourth-order valence-corrected chi connectivity index (χ4v) is 15.0. The molecule has 6 fully saturated rings. The van der Waals surface area contributed by atoms with Crippen LogP contribution in [0.3, 0.4) is 0 Å². The second kappa shape index (κ2) is 25.9. The number of aliphatic hydroxyl groups excluding tert-OH is 1. The Bertz CT molecular complexity index is 2550. The number of amides is 1. The number of hydrogen-bond acceptors (Lipinski definition) is 19. The summed E-state index contributed by atoms with van der Waals surface area (Å²) in [6, 6.07) is 5.37. The first-order valence-corrected chi connectivity index (χ1v) is 30.4. The molecule has 1 aromatic carbocycles. The van der Waals surface area contributed by atoms with Gasteiger partial charge in [0.15, 0.2) is 35.8 Å². The molecule has 19 nitrogen and oxygen atoms in total. The molecule has 0 bridgehead atoms. The molecule has 1 amide bonds. The van der Waals surface area contributed by atoms with Gasteiger partial charge in [-0.05, 0) is 91.7 Å². The summed E-state index contributed by atoms with van der Waals surface area (Å²) >= 11 is 14.9. The second-order valence-corrected chi connectivity index (χ2v) is 26.0. The molecular formula is C59H85Cl2N3O16S. The summed E-state index contributed by atoms with van der Waals surface area (Å²) in [5, 5.41) is 11.1. The number of nitrogens with zero attached hydrogens (tertiary/aromatic N) is 3. The highest BCUT2D eigenvalue weighted by atomic mass is 35.5. The summed E-state index contributed by atoms with van der Waals surface area (Å²) in [5.74, 6) is -3.46. The number of rotatable bonds is 18. The number of ether oxygens (including phenoxy) is 11. The number of Topliss-reactive ketones (excluding diaryl/α,β-unsaturated/α-hetero) is 1. The van der Waals surface area contributed by atoms with E-state index in [0.717, 1.165) is 18.5 Å². The first-order chi connectivity index (χ1) is 38.3. The number of aromatic nitrogens is 1. The third-order valence-corrected chi connectivity index (χ3v) is 20.2. The monoisotopic (exact) mass is 1190 g/mol. The summed E-state index contributed by atoms with van der Waals surface area (Å²) < 4.78 is 70.4. The Balaban J connectivity index is 1.15. The molecule has 5 aliphatic heterocycles. The number of likely N-dealkylation sites (N-methyl/N-ethyl adjacent to an activating group) is 1. The molecule has 1 aliphatic carbocycles. The van der Waals surface area contributed by atoms with E-state index >= 15 is 9.59 Å². The van der Waals surface area contributed by atoms with Crippen molar-refractivity contribution >= 4 is 64.5 Å². The van der Waals surface area contributed by atoms with E-state index in [1.54, 1.807) is 66.3 Å². The highest BCUT2D eigenvalue weighted by molar-refractivity contribution is 8.00. The molecule has 452 valence electrons. The maximum atomic E-state index is 15.5. The SMILES string of the molecule is CC[C@H]1OC(=O)[C@H](C)[C@@H](O[C@H]2C[C@@](C)(OC)[C@@H](O)[C@H](C)O2)[C@H](C)[C@@H](O[C@@H]2O[C@H](C)C[C@H]3[C@H]2OC(=O)N3C)[C@](C)(OC)C[C@@H](C)C(=O)[C@H](C)[C@H]2C(SCCN(Cc3c(Cl)cncc3Cl)c3ccc(OC)c(OCC4CC4)c3)C(=O)O[C@@]21C. The van der Waals surface area contributed by atoms with Crippen LogP contribution < -0.4 is 14.4 Å². The van der Waals surface area contributed by atoms with Crippen LogP contribution in [0.1, 0.15) is 113 Å². The van der Waals surface area contributed by atoms with Crippen LogP contribution in [0.5, 0.6) is 11.5 Å². The van der Waals surface area contributed by atoms with Crippen molar-refractivity contribution in [1.29, 1.82) is 0 Å². The Morgan fingerprint density at radius 3 is 2.21 bits per heavy atom. The number of esters is 2. The fourth-order valence-electron chi connectivity index (χ4n) is 13.1. The van der Waals surface area contributed by atoms with E-state index in [0.29, 0.717) is 58.4 Å². The van der Waals surface area contributed by atoms with E-state index in [9.17, 15) is 14.7 Å². The lowest BCUT2D eigenvalue weighted by molar-refractivity contribution is -0.315. The third-order valence-electron chi connectivity index (χ3n) is 18.2. The van der Waals surface area contributed by atoms with Gasteiger partial charge < -0.3 is 67.0 Å². The van der Waals surface area contributed by atoms with Crippen molar-refractivity contribution in [3.05, 3.63) is 46.2 Å². The van der Waals surface area contributed by atoms with Gasteiger partial charge in [-0.15, -0.1) is 11.8 Å². The molecule has 0 radical (unpaired) electrons. The number of carbonyl (C=O) groups is 4. The number of benzene rings is 1. The molecule has 19 atom stereocenters. The average Bonchev–Trinajstić information content (AvgIpc) is 4.41. The number of halogens is 2. The van der Waals surface area contributed by atoms with Gasteiger partial charge in [-0.3, -0.25) is 19.4 Å². The van der Waals surface area contributed by atoms with Gasteiger partial charge in [0.05, 0.1) is 71.3 Å². The molecule has 1 aromatic heterocycles. The molecular weight excluding hydrogens is 1110 g/mol. The van der Waals surface area contributed by atoms with E-state index in [-0.39, 0.29) is 43.7 Å². The predicted octanol–water partition coefficient (Wildman–Crippen LogP) is 9.10. The molecule has 5 saturated heterocycles. The van der Waals surface area contributed by atoms with Gasteiger partial charge in [-0.2, -0.15) is 0 Å². The molecule has 0 spiro atoms. The highest BCUT2D eigenvalue weighted by Gasteiger charge is 2.62. The molecule has 1 unspecified atom stereocenters. The summed E-state index contributed by atoms with van der Waals surface area (Å²) in [5.41, 5.74) is -2.43. The zero-order chi connectivity index (χ0) is 59.0. The first-order valence-electron chi connectivity index (χ1n) is 28.6. The van der Waals surface area contributed by atoms with Crippen LogP contribution in [0.2, 0.25) is 10.0 Å². The summed E-state index contributed by atoms with van der Waals surface area (Å²) in [6.07, 6.45) is -2.33. The van der Waals surface area contributed by atoms with Crippen molar-refractivity contribution in [2.24, 2.45) is 35.5 Å². The maximum Gasteiger partial charge on any atom is 0.410 e. The van der Waals surface area contributed by atoms with Crippen molar-refractivity contribution in [1.82, 2.24) is 9.88 Å². The van der Waals surface area contributed by atoms with Gasteiger partial charge in [0.1, 0.15) is 23.2 Å². The standard InChI is InChI=1S/C59H85Cl2N3O16S/c1-15-44-59(10)46(50(54(68)80-59)81-21-20-64(28-38-39(60)26-62-27-40(38)61)37-18-19-42(70-12)43(23-37)73-29-36-16-17-36)32(4)47(65)30(2)24-58(9,72-14)52(79-55-49-41(22-31(3)74-55)63(11)56(69)78-49)33(5)48(34(6)53(67)76-44)77-45-25-57(8,71-13)51(66)35(7)75-45/h18-19,23,26-27,30-36,41,44-46,48-52,55,66H,15-17,20-22,24-25,28-29H2,1-14H3/t30-,31-,32-,33+,34-,35+,41+,44-,45+,46+,48+,49-,50?,51+,52-,55+,57-,58-,59-/m1/s1. The number of cyclic esters (lactones) is 1. The number of pyridine rings is 1. The molecule has 8 rings (SSSR count). The zero-order valence-electron chi connectivity index (χ0n) is 49.3. The number of methoxy groups -OCH3 is 3.